The van der Waals surface area contributed by atoms with Gasteiger partial charge in [0.1, 0.15) is 5.82 Å². The van der Waals surface area contributed by atoms with E-state index in [1.165, 1.54) is 17.7 Å². The van der Waals surface area contributed by atoms with Gasteiger partial charge in [-0.15, -0.1) is 0 Å². The number of hydrogen-bond donors (Lipinski definition) is 2. The summed E-state index contributed by atoms with van der Waals surface area (Å²) in [5.74, 6) is -0.828. The van der Waals surface area contributed by atoms with Crippen LogP contribution in [0.4, 0.5) is 15.8 Å². The monoisotopic (exact) mass is 447 g/mol. The summed E-state index contributed by atoms with van der Waals surface area (Å²) in [5, 5.41) is 5.75. The van der Waals surface area contributed by atoms with Gasteiger partial charge in [-0.25, -0.2) is 4.39 Å². The van der Waals surface area contributed by atoms with E-state index in [-0.39, 0.29) is 24.2 Å². The first-order chi connectivity index (χ1) is 15.9. The fraction of sp³-hybridized carbons (Fsp3) is 0.259. The van der Waals surface area contributed by atoms with E-state index in [0.29, 0.717) is 16.8 Å². The van der Waals surface area contributed by atoms with Gasteiger partial charge in [-0.3, -0.25) is 9.59 Å². The fourth-order valence-corrected chi connectivity index (χ4v) is 3.47. The molecule has 3 rings (SSSR count). The van der Waals surface area contributed by atoms with Crippen LogP contribution in [0.1, 0.15) is 51.6 Å². The van der Waals surface area contributed by atoms with Gasteiger partial charge in [0.05, 0.1) is 5.56 Å². The maximum atomic E-state index is 13.1. The average molecular weight is 448 g/mol. The smallest absolute Gasteiger partial charge is 0.255 e. The highest BCUT2D eigenvalue weighted by Gasteiger charge is 2.15. The average Bonchev–Trinajstić information content (AvgIpc) is 2.82. The normalized spacial score (nSPS) is 10.5. The Morgan fingerprint density at radius 2 is 1.55 bits per heavy atom. The summed E-state index contributed by atoms with van der Waals surface area (Å²) in [5.41, 5.74) is 4.27. The molecule has 0 saturated carbocycles. The first-order valence-electron chi connectivity index (χ1n) is 11.1. The van der Waals surface area contributed by atoms with E-state index in [4.69, 9.17) is 0 Å². The van der Waals surface area contributed by atoms with E-state index in [2.05, 4.69) is 17.6 Å². The number of nitrogens with zero attached hydrogens (tertiary/aromatic N) is 1. The first-order valence-corrected chi connectivity index (χ1v) is 11.1. The summed E-state index contributed by atoms with van der Waals surface area (Å²) in [6, 6.07) is 18.8. The molecule has 0 unspecified atom stereocenters. The summed E-state index contributed by atoms with van der Waals surface area (Å²) in [4.78, 5) is 27.5. The Morgan fingerprint density at radius 3 is 2.18 bits per heavy atom. The Kier molecular flexibility index (Phi) is 8.19. The SMILES string of the molecule is CCCCc1ccc(C(=O)Nc2ccc(N(C)C)c(C(=O)NCc3ccc(F)cc3)c2)cc1. The third kappa shape index (κ3) is 6.65. The molecule has 0 heterocycles. The van der Waals surface area contributed by atoms with Crippen molar-refractivity contribution in [2.75, 3.05) is 24.3 Å². The van der Waals surface area contributed by atoms with Crippen LogP contribution in [0.3, 0.4) is 0 Å². The Morgan fingerprint density at radius 1 is 0.879 bits per heavy atom. The number of rotatable bonds is 9. The molecule has 2 amide bonds. The highest BCUT2D eigenvalue weighted by molar-refractivity contribution is 6.06. The Bertz CT molecular complexity index is 1090. The van der Waals surface area contributed by atoms with Crippen LogP contribution in [-0.2, 0) is 13.0 Å². The second-order valence-electron chi connectivity index (χ2n) is 8.19. The molecular formula is C27H30FN3O2. The lowest BCUT2D eigenvalue weighted by molar-refractivity contribution is 0.0950. The number of hydrogen-bond acceptors (Lipinski definition) is 3. The minimum Gasteiger partial charge on any atom is -0.377 e. The lowest BCUT2D eigenvalue weighted by Gasteiger charge is -2.18. The predicted molar refractivity (Wildman–Crippen MR) is 131 cm³/mol. The number of carbonyl (C=O) groups excluding carboxylic acids is 2. The lowest BCUT2D eigenvalue weighted by atomic mass is 10.1. The molecule has 33 heavy (non-hydrogen) atoms. The van der Waals surface area contributed by atoms with Crippen molar-refractivity contribution in [1.29, 1.82) is 0 Å². The largest absolute Gasteiger partial charge is 0.377 e. The molecule has 0 radical (unpaired) electrons. The van der Waals surface area contributed by atoms with Crippen molar-refractivity contribution >= 4 is 23.2 Å². The molecule has 3 aromatic rings. The maximum Gasteiger partial charge on any atom is 0.255 e. The van der Waals surface area contributed by atoms with Crippen LogP contribution in [0.5, 0.6) is 0 Å². The Hall–Kier alpha value is -3.67. The summed E-state index contributed by atoms with van der Waals surface area (Å²) in [7, 11) is 3.70. The molecule has 5 nitrogen and oxygen atoms in total. The fourth-order valence-electron chi connectivity index (χ4n) is 3.47. The van der Waals surface area contributed by atoms with E-state index in [9.17, 15) is 14.0 Å². The van der Waals surface area contributed by atoms with E-state index in [1.807, 2.05) is 43.3 Å². The van der Waals surface area contributed by atoms with Gasteiger partial charge in [0.15, 0.2) is 0 Å². The van der Waals surface area contributed by atoms with Gasteiger partial charge >= 0.3 is 0 Å². The molecule has 0 aliphatic carbocycles. The molecule has 0 aliphatic heterocycles. The second kappa shape index (κ2) is 11.3. The number of halogens is 1. The van der Waals surface area contributed by atoms with Gasteiger partial charge in [-0.05, 0) is 66.4 Å². The van der Waals surface area contributed by atoms with Crippen LogP contribution in [-0.4, -0.2) is 25.9 Å². The second-order valence-corrected chi connectivity index (χ2v) is 8.19. The quantitative estimate of drug-likeness (QED) is 0.461. The highest BCUT2D eigenvalue weighted by Crippen LogP contribution is 2.24. The topological polar surface area (TPSA) is 61.4 Å². The van der Waals surface area contributed by atoms with Crippen molar-refractivity contribution in [3.05, 3.63) is 94.8 Å². The number of amides is 2. The zero-order valence-electron chi connectivity index (χ0n) is 19.3. The molecule has 0 atom stereocenters. The number of carbonyl (C=O) groups is 2. The molecule has 0 spiro atoms. The van der Waals surface area contributed by atoms with Crippen molar-refractivity contribution in [3.8, 4) is 0 Å². The molecule has 0 aliphatic rings. The number of unbranched alkanes of at least 4 members (excludes halogenated alkanes) is 1. The number of nitrogens with one attached hydrogen (secondary N) is 2. The van der Waals surface area contributed by atoms with Crippen molar-refractivity contribution in [3.63, 3.8) is 0 Å². The zero-order chi connectivity index (χ0) is 23.8. The molecule has 0 fully saturated rings. The third-order valence-corrected chi connectivity index (χ3v) is 5.38. The number of aryl methyl sites for hydroxylation is 1. The molecule has 3 aromatic carbocycles. The van der Waals surface area contributed by atoms with Crippen molar-refractivity contribution in [2.45, 2.75) is 32.7 Å². The Balaban J connectivity index is 1.72. The molecule has 0 bridgehead atoms. The first kappa shape index (κ1) is 24.0. The summed E-state index contributed by atoms with van der Waals surface area (Å²) in [6.07, 6.45) is 3.25. The van der Waals surface area contributed by atoms with Gasteiger partial charge in [-0.2, -0.15) is 0 Å². The molecule has 6 heteroatoms. The van der Waals surface area contributed by atoms with Crippen LogP contribution in [0.25, 0.3) is 0 Å². The summed E-state index contributed by atoms with van der Waals surface area (Å²) in [6.45, 7) is 2.42. The molecule has 172 valence electrons. The van der Waals surface area contributed by atoms with E-state index < -0.39 is 0 Å². The molecule has 0 aromatic heterocycles. The summed E-state index contributed by atoms with van der Waals surface area (Å²) >= 11 is 0. The standard InChI is InChI=1S/C27H30FN3O2/c1-4-5-6-19-7-11-21(12-8-19)26(32)30-23-15-16-25(31(2)3)24(17-23)27(33)29-18-20-9-13-22(28)14-10-20/h7-17H,4-6,18H2,1-3H3,(H,29,33)(H,30,32). The molecular weight excluding hydrogens is 417 g/mol. The van der Waals surface area contributed by atoms with Gasteiger partial charge in [0.25, 0.3) is 11.8 Å². The van der Waals surface area contributed by atoms with E-state index >= 15 is 0 Å². The van der Waals surface area contributed by atoms with Crippen LogP contribution in [0.2, 0.25) is 0 Å². The van der Waals surface area contributed by atoms with Gasteiger partial charge in [-0.1, -0.05) is 37.6 Å². The van der Waals surface area contributed by atoms with Gasteiger partial charge < -0.3 is 15.5 Å². The lowest BCUT2D eigenvalue weighted by Crippen LogP contribution is -2.25. The Labute approximate surface area is 194 Å². The van der Waals surface area contributed by atoms with Crippen LogP contribution in [0.15, 0.2) is 66.7 Å². The van der Waals surface area contributed by atoms with Gasteiger partial charge in [0, 0.05) is 37.6 Å². The third-order valence-electron chi connectivity index (χ3n) is 5.38. The molecule has 2 N–H and O–H groups in total. The van der Waals surface area contributed by atoms with E-state index in [0.717, 1.165) is 30.5 Å². The van der Waals surface area contributed by atoms with E-state index in [1.54, 1.807) is 30.3 Å². The zero-order valence-corrected chi connectivity index (χ0v) is 19.3. The maximum absolute atomic E-state index is 13.1. The minimum absolute atomic E-state index is 0.229. The summed E-state index contributed by atoms with van der Waals surface area (Å²) < 4.78 is 13.1. The number of anilines is 2. The van der Waals surface area contributed by atoms with Crippen molar-refractivity contribution in [1.82, 2.24) is 5.32 Å². The highest BCUT2D eigenvalue weighted by atomic mass is 19.1. The van der Waals surface area contributed by atoms with Gasteiger partial charge in [0.2, 0.25) is 0 Å². The van der Waals surface area contributed by atoms with Crippen molar-refractivity contribution in [2.24, 2.45) is 0 Å². The predicted octanol–water partition coefficient (Wildman–Crippen LogP) is 5.42. The minimum atomic E-state index is -0.320. The number of benzene rings is 3. The van der Waals surface area contributed by atoms with Crippen LogP contribution in [0, 0.1) is 5.82 Å². The van der Waals surface area contributed by atoms with Crippen LogP contribution < -0.4 is 15.5 Å². The van der Waals surface area contributed by atoms with Crippen LogP contribution >= 0.6 is 0 Å². The van der Waals surface area contributed by atoms with Crippen molar-refractivity contribution < 1.29 is 14.0 Å². The molecule has 0 saturated heterocycles.